The monoisotopic (exact) mass is 469 g/mol. The number of hydrogen-bond donors (Lipinski definition) is 3. The van der Waals surface area contributed by atoms with Gasteiger partial charge in [-0.3, -0.25) is 4.79 Å². The number of amides is 1. The van der Waals surface area contributed by atoms with E-state index in [4.69, 9.17) is 5.73 Å². The van der Waals surface area contributed by atoms with Gasteiger partial charge in [0, 0.05) is 21.9 Å². The Morgan fingerprint density at radius 1 is 1.00 bits per heavy atom. The first kappa shape index (κ1) is 19.0. The Hall–Kier alpha value is -2.80. The third-order valence-corrected chi connectivity index (χ3v) is 4.62. The largest absolute Gasteiger partial charge is 0.397 e. The van der Waals surface area contributed by atoms with E-state index in [1.54, 1.807) is 18.2 Å². The minimum Gasteiger partial charge on any atom is -0.397 e. The van der Waals surface area contributed by atoms with Crippen LogP contribution in [-0.4, -0.2) is 5.91 Å². The Morgan fingerprint density at radius 3 is 2.52 bits per heavy atom. The van der Waals surface area contributed by atoms with E-state index < -0.39 is 0 Å². The van der Waals surface area contributed by atoms with Crippen molar-refractivity contribution in [2.75, 3.05) is 16.4 Å². The first-order chi connectivity index (χ1) is 13.1. The summed E-state index contributed by atoms with van der Waals surface area (Å²) in [7, 11) is 0. The van der Waals surface area contributed by atoms with Gasteiger partial charge < -0.3 is 16.4 Å². The van der Waals surface area contributed by atoms with Crippen molar-refractivity contribution in [2.24, 2.45) is 0 Å². The lowest BCUT2D eigenvalue weighted by Crippen LogP contribution is -2.09. The number of benzene rings is 3. The number of nitrogen functional groups attached to an aromatic ring is 1. The predicted octanol–water partition coefficient (Wildman–Crippen LogP) is 5.14. The van der Waals surface area contributed by atoms with Crippen LogP contribution in [0.2, 0.25) is 0 Å². The van der Waals surface area contributed by atoms with Crippen LogP contribution in [0.4, 0.5) is 17.1 Å². The molecule has 0 bridgehead atoms. The molecule has 27 heavy (non-hydrogen) atoms. The van der Waals surface area contributed by atoms with Crippen LogP contribution in [-0.2, 0) is 11.3 Å². The number of nitrogens with two attached hydrogens (primary N) is 1. The van der Waals surface area contributed by atoms with Crippen molar-refractivity contribution in [1.82, 2.24) is 0 Å². The predicted molar refractivity (Wildman–Crippen MR) is 121 cm³/mol. The quantitative estimate of drug-likeness (QED) is 0.266. The molecule has 0 atom stereocenters. The molecule has 0 aliphatic carbocycles. The van der Waals surface area contributed by atoms with Gasteiger partial charge in [0.25, 0.3) is 0 Å². The molecule has 0 saturated heterocycles. The maximum Gasteiger partial charge on any atom is 0.248 e. The van der Waals surface area contributed by atoms with Gasteiger partial charge in [-0.15, -0.1) is 0 Å². The fourth-order valence-electron chi connectivity index (χ4n) is 2.51. The molecule has 3 aromatic rings. The molecule has 0 aliphatic rings. The first-order valence-electron chi connectivity index (χ1n) is 8.52. The summed E-state index contributed by atoms with van der Waals surface area (Å²) in [4.78, 5) is 12.0. The molecule has 0 radical (unpaired) electrons. The first-order valence-corrected chi connectivity index (χ1v) is 9.60. The number of carbonyl (C=O) groups excluding carboxylic acids is 1. The molecule has 5 heteroatoms. The molecular formula is C22H20IN3O. The third kappa shape index (κ3) is 5.86. The van der Waals surface area contributed by atoms with Crippen LogP contribution in [0.25, 0.3) is 6.08 Å². The van der Waals surface area contributed by atoms with E-state index in [9.17, 15) is 4.79 Å². The lowest BCUT2D eigenvalue weighted by molar-refractivity contribution is -0.111. The molecule has 3 rings (SSSR count). The Balaban J connectivity index is 1.54. The van der Waals surface area contributed by atoms with E-state index in [0.29, 0.717) is 11.4 Å². The maximum atomic E-state index is 12.0. The Morgan fingerprint density at radius 2 is 1.78 bits per heavy atom. The van der Waals surface area contributed by atoms with Gasteiger partial charge in [0.2, 0.25) is 5.91 Å². The van der Waals surface area contributed by atoms with Gasteiger partial charge in [0.1, 0.15) is 0 Å². The number of carbonyl (C=O) groups is 1. The van der Waals surface area contributed by atoms with Gasteiger partial charge in [-0.2, -0.15) is 0 Å². The minimum atomic E-state index is -0.211. The minimum absolute atomic E-state index is 0.211. The van der Waals surface area contributed by atoms with Crippen LogP contribution in [0, 0.1) is 3.57 Å². The van der Waals surface area contributed by atoms with Crippen molar-refractivity contribution in [3.63, 3.8) is 0 Å². The lowest BCUT2D eigenvalue weighted by atomic mass is 10.1. The summed E-state index contributed by atoms with van der Waals surface area (Å²) in [6.45, 7) is 0.748. The van der Waals surface area contributed by atoms with Gasteiger partial charge >= 0.3 is 0 Å². The molecule has 0 aromatic heterocycles. The summed E-state index contributed by atoms with van der Waals surface area (Å²) in [6, 6.07) is 23.5. The van der Waals surface area contributed by atoms with Gasteiger partial charge in [-0.1, -0.05) is 42.5 Å². The van der Waals surface area contributed by atoms with Crippen LogP contribution in [0.1, 0.15) is 11.1 Å². The zero-order chi connectivity index (χ0) is 19.1. The van der Waals surface area contributed by atoms with Crippen molar-refractivity contribution in [1.29, 1.82) is 0 Å². The van der Waals surface area contributed by atoms with E-state index >= 15 is 0 Å². The number of para-hydroxylation sites is 2. The normalized spacial score (nSPS) is 10.7. The van der Waals surface area contributed by atoms with E-state index in [0.717, 1.165) is 17.8 Å². The summed E-state index contributed by atoms with van der Waals surface area (Å²) >= 11 is 2.30. The standard InChI is InChI=1S/C22H20IN3O/c23-18-4-3-5-19(14-18)25-15-17-10-8-16(9-11-17)12-13-22(27)26-21-7-2-1-6-20(21)24/h1-14,25H,15,24H2,(H,26,27)/b13-12+. The van der Waals surface area contributed by atoms with E-state index in [1.165, 1.54) is 15.2 Å². The summed E-state index contributed by atoms with van der Waals surface area (Å²) in [5, 5.41) is 6.18. The highest BCUT2D eigenvalue weighted by molar-refractivity contribution is 14.1. The molecule has 0 heterocycles. The third-order valence-electron chi connectivity index (χ3n) is 3.95. The molecular weight excluding hydrogens is 449 g/mol. The fourth-order valence-corrected chi connectivity index (χ4v) is 3.05. The van der Waals surface area contributed by atoms with Crippen LogP contribution >= 0.6 is 22.6 Å². The van der Waals surface area contributed by atoms with Crippen LogP contribution in [0.3, 0.4) is 0 Å². The summed E-state index contributed by atoms with van der Waals surface area (Å²) in [6.07, 6.45) is 3.29. The SMILES string of the molecule is Nc1ccccc1NC(=O)/C=C/c1ccc(CNc2cccc(I)c2)cc1. The van der Waals surface area contributed by atoms with Gasteiger partial charge in [0.15, 0.2) is 0 Å². The van der Waals surface area contributed by atoms with Crippen molar-refractivity contribution in [3.05, 3.63) is 93.6 Å². The molecule has 0 aliphatic heterocycles. The van der Waals surface area contributed by atoms with Crippen LogP contribution in [0.5, 0.6) is 0 Å². The molecule has 3 aromatic carbocycles. The van der Waals surface area contributed by atoms with Crippen molar-refractivity contribution >= 4 is 51.6 Å². The summed E-state index contributed by atoms with van der Waals surface area (Å²) in [5.41, 5.74) is 10.2. The van der Waals surface area contributed by atoms with Crippen LogP contribution < -0.4 is 16.4 Å². The zero-order valence-electron chi connectivity index (χ0n) is 14.7. The number of anilines is 3. The second kappa shape index (κ2) is 9.23. The van der Waals surface area contributed by atoms with Gasteiger partial charge in [0.05, 0.1) is 11.4 Å². The topological polar surface area (TPSA) is 67.1 Å². The average Bonchev–Trinajstić information content (AvgIpc) is 2.67. The molecule has 136 valence electrons. The molecule has 0 spiro atoms. The maximum absolute atomic E-state index is 12.0. The summed E-state index contributed by atoms with van der Waals surface area (Å²) < 4.78 is 1.20. The van der Waals surface area contributed by atoms with Gasteiger partial charge in [-0.05, 0) is 70.1 Å². The molecule has 0 saturated carbocycles. The Kier molecular flexibility index (Phi) is 6.49. The van der Waals surface area contributed by atoms with Crippen LogP contribution in [0.15, 0.2) is 78.9 Å². The zero-order valence-corrected chi connectivity index (χ0v) is 16.8. The van der Waals surface area contributed by atoms with Crippen molar-refractivity contribution in [2.45, 2.75) is 6.54 Å². The molecule has 4 N–H and O–H groups in total. The lowest BCUT2D eigenvalue weighted by Gasteiger charge is -2.07. The molecule has 4 nitrogen and oxygen atoms in total. The van der Waals surface area contributed by atoms with Crippen molar-refractivity contribution in [3.8, 4) is 0 Å². The number of halogens is 1. The molecule has 0 fully saturated rings. The molecule has 1 amide bonds. The Labute approximate surface area is 172 Å². The van der Waals surface area contributed by atoms with E-state index in [-0.39, 0.29) is 5.91 Å². The van der Waals surface area contributed by atoms with E-state index in [1.807, 2.05) is 42.5 Å². The molecule has 0 unspecified atom stereocenters. The Bertz CT molecular complexity index is 952. The number of nitrogens with one attached hydrogen (secondary N) is 2. The highest BCUT2D eigenvalue weighted by atomic mass is 127. The number of rotatable bonds is 6. The fraction of sp³-hybridized carbons (Fsp3) is 0.0455. The summed E-state index contributed by atoms with van der Waals surface area (Å²) in [5.74, 6) is -0.211. The second-order valence-corrected chi connectivity index (χ2v) is 7.26. The van der Waals surface area contributed by atoms with E-state index in [2.05, 4.69) is 51.4 Å². The van der Waals surface area contributed by atoms with Crippen molar-refractivity contribution < 1.29 is 4.79 Å². The van der Waals surface area contributed by atoms with Gasteiger partial charge in [-0.25, -0.2) is 0 Å². The highest BCUT2D eigenvalue weighted by Crippen LogP contribution is 2.17. The second-order valence-electron chi connectivity index (χ2n) is 6.02. The number of hydrogen-bond acceptors (Lipinski definition) is 3. The smallest absolute Gasteiger partial charge is 0.248 e. The average molecular weight is 469 g/mol. The highest BCUT2D eigenvalue weighted by Gasteiger charge is 2.01.